The Morgan fingerprint density at radius 2 is 1.00 bits per heavy atom. The topological polar surface area (TPSA) is 0 Å². The summed E-state index contributed by atoms with van der Waals surface area (Å²) in [5.41, 5.74) is 0. The first-order valence-electron chi connectivity index (χ1n) is 8.23. The minimum Gasteiger partial charge on any atom is -0.298 e. The lowest BCUT2D eigenvalue weighted by atomic mass is 10.2. The van der Waals surface area contributed by atoms with Crippen LogP contribution in [-0.2, 0) is 0 Å². The summed E-state index contributed by atoms with van der Waals surface area (Å²) in [5, 5.41) is 0. The van der Waals surface area contributed by atoms with Gasteiger partial charge in [0.2, 0.25) is 0 Å². The molecule has 0 N–H and O–H groups in total. The minimum atomic E-state index is 1.18. The highest BCUT2D eigenvalue weighted by atomic mass is 15.4. The van der Waals surface area contributed by atoms with Crippen molar-refractivity contribution in [2.45, 2.75) is 44.9 Å². The number of unbranched alkanes of at least 4 members (excludes halogenated alkanes) is 2. The Hall–Kier alpha value is -0.600. The van der Waals surface area contributed by atoms with E-state index in [9.17, 15) is 0 Å². The second kappa shape index (κ2) is 6.71. The minimum absolute atomic E-state index is 1.18. The zero-order valence-electron chi connectivity index (χ0n) is 12.7. The molecule has 0 unspecified atom stereocenters. The number of quaternary nitrogens is 2. The molecule has 0 aromatic heterocycles. The number of hydrogen-bond donors (Lipinski definition) is 0. The Morgan fingerprint density at radius 1 is 0.632 bits per heavy atom. The van der Waals surface area contributed by atoms with Crippen molar-refractivity contribution in [3.63, 3.8) is 0 Å². The maximum atomic E-state index is 4.06. The van der Waals surface area contributed by atoms with Gasteiger partial charge >= 0.3 is 0 Å². The fourth-order valence-corrected chi connectivity index (χ4v) is 3.96. The molecule has 0 spiro atoms. The Balaban J connectivity index is 1.64. The van der Waals surface area contributed by atoms with E-state index in [-0.39, 0.29) is 0 Å². The van der Waals surface area contributed by atoms with Gasteiger partial charge in [-0.05, 0) is 32.4 Å². The van der Waals surface area contributed by atoms with E-state index in [1.54, 1.807) is 0 Å². The number of nitrogens with zero attached hydrogens (tertiary/aromatic N) is 2. The van der Waals surface area contributed by atoms with Crippen LogP contribution in [0.1, 0.15) is 44.9 Å². The predicted octanol–water partition coefficient (Wildman–Crippen LogP) is 3.66. The van der Waals surface area contributed by atoms with Gasteiger partial charge in [0.05, 0.1) is 51.7 Å². The van der Waals surface area contributed by atoms with Crippen LogP contribution in [0.4, 0.5) is 0 Å². The first kappa shape index (κ1) is 14.8. The standard InChI is InChI=1S/C17H32N2/c1-3-18(14-8-9-15-18)12-6-5-7-13-19(4-2)16-10-11-17-19/h3-4H,1-2,5-17H2/q+2. The summed E-state index contributed by atoms with van der Waals surface area (Å²) in [5.74, 6) is 0. The van der Waals surface area contributed by atoms with Crippen LogP contribution in [0.25, 0.3) is 0 Å². The lowest BCUT2D eigenvalue weighted by molar-refractivity contribution is -0.869. The van der Waals surface area contributed by atoms with Crippen molar-refractivity contribution in [3.05, 3.63) is 25.6 Å². The SMILES string of the molecule is C=C[N+]1(CCCCC[N+]2(C=C)CCCC2)CCCC1. The van der Waals surface area contributed by atoms with Crippen LogP contribution in [0.5, 0.6) is 0 Å². The van der Waals surface area contributed by atoms with Gasteiger partial charge in [0.15, 0.2) is 0 Å². The van der Waals surface area contributed by atoms with Crippen LogP contribution < -0.4 is 0 Å². The zero-order valence-corrected chi connectivity index (χ0v) is 12.7. The lowest BCUT2D eigenvalue weighted by Crippen LogP contribution is -2.41. The van der Waals surface area contributed by atoms with E-state index in [1.807, 2.05) is 0 Å². The highest BCUT2D eigenvalue weighted by Crippen LogP contribution is 2.23. The summed E-state index contributed by atoms with van der Waals surface area (Å²) >= 11 is 0. The van der Waals surface area contributed by atoms with E-state index in [2.05, 4.69) is 25.6 Å². The summed E-state index contributed by atoms with van der Waals surface area (Å²) < 4.78 is 2.36. The molecular weight excluding hydrogens is 232 g/mol. The van der Waals surface area contributed by atoms with Crippen LogP contribution in [-0.4, -0.2) is 48.2 Å². The fraction of sp³-hybridized carbons (Fsp3) is 0.765. The maximum Gasteiger partial charge on any atom is 0.0885 e. The monoisotopic (exact) mass is 264 g/mol. The predicted molar refractivity (Wildman–Crippen MR) is 82.4 cm³/mol. The summed E-state index contributed by atoms with van der Waals surface area (Å²) in [7, 11) is 0. The van der Waals surface area contributed by atoms with Crippen molar-refractivity contribution in [3.8, 4) is 0 Å². The van der Waals surface area contributed by atoms with E-state index in [0.29, 0.717) is 0 Å². The van der Waals surface area contributed by atoms with Gasteiger partial charge in [-0.25, -0.2) is 0 Å². The van der Waals surface area contributed by atoms with Gasteiger partial charge < -0.3 is 0 Å². The number of hydrogen-bond acceptors (Lipinski definition) is 0. The van der Waals surface area contributed by atoms with E-state index in [0.717, 1.165) is 0 Å². The average molecular weight is 264 g/mol. The number of rotatable bonds is 8. The summed E-state index contributed by atoms with van der Waals surface area (Å²) in [6, 6.07) is 0. The third-order valence-corrected chi connectivity index (χ3v) is 5.40. The van der Waals surface area contributed by atoms with Crippen molar-refractivity contribution in [1.82, 2.24) is 0 Å². The average Bonchev–Trinajstić information content (AvgIpc) is 3.09. The Kier molecular flexibility index (Phi) is 5.23. The summed E-state index contributed by atoms with van der Waals surface area (Å²) in [6.45, 7) is 16.1. The van der Waals surface area contributed by atoms with Gasteiger partial charge in [-0.1, -0.05) is 0 Å². The Morgan fingerprint density at radius 3 is 1.32 bits per heavy atom. The lowest BCUT2D eigenvalue weighted by Gasteiger charge is -2.31. The molecule has 2 heterocycles. The zero-order chi connectivity index (χ0) is 13.6. The maximum absolute atomic E-state index is 4.06. The second-order valence-electron chi connectivity index (χ2n) is 6.62. The highest BCUT2D eigenvalue weighted by Gasteiger charge is 2.30. The normalized spacial score (nSPS) is 24.4. The molecule has 0 aromatic carbocycles. The van der Waals surface area contributed by atoms with Crippen LogP contribution in [0.3, 0.4) is 0 Å². The van der Waals surface area contributed by atoms with Crippen molar-refractivity contribution < 1.29 is 8.97 Å². The van der Waals surface area contributed by atoms with Gasteiger partial charge in [-0.3, -0.25) is 8.97 Å². The molecule has 2 rings (SSSR count). The molecule has 2 aliphatic rings. The van der Waals surface area contributed by atoms with Crippen molar-refractivity contribution in [1.29, 1.82) is 0 Å². The van der Waals surface area contributed by atoms with E-state index in [4.69, 9.17) is 0 Å². The summed E-state index contributed by atoms with van der Waals surface area (Å²) in [4.78, 5) is 0. The molecule has 0 radical (unpaired) electrons. The molecule has 2 heteroatoms. The molecule has 2 nitrogen and oxygen atoms in total. The highest BCUT2D eigenvalue weighted by molar-refractivity contribution is 4.66. The molecule has 0 amide bonds. The molecule has 0 atom stereocenters. The Bertz CT molecular complexity index is 266. The van der Waals surface area contributed by atoms with Gasteiger partial charge in [0.25, 0.3) is 0 Å². The third-order valence-electron chi connectivity index (χ3n) is 5.40. The van der Waals surface area contributed by atoms with Crippen LogP contribution in [0.2, 0.25) is 0 Å². The van der Waals surface area contributed by atoms with Gasteiger partial charge in [0, 0.05) is 25.7 Å². The Labute approximate surface area is 119 Å². The van der Waals surface area contributed by atoms with E-state index in [1.165, 1.54) is 93.2 Å². The van der Waals surface area contributed by atoms with E-state index >= 15 is 0 Å². The van der Waals surface area contributed by atoms with Gasteiger partial charge in [-0.2, -0.15) is 0 Å². The van der Waals surface area contributed by atoms with Crippen molar-refractivity contribution >= 4 is 0 Å². The van der Waals surface area contributed by atoms with Crippen LogP contribution in [0.15, 0.2) is 25.6 Å². The molecule has 0 aromatic rings. The molecular formula is C17H32N2+2. The molecule has 2 saturated heterocycles. The van der Waals surface area contributed by atoms with Crippen LogP contribution in [0, 0.1) is 0 Å². The molecule has 108 valence electrons. The number of likely N-dealkylation sites (tertiary alicyclic amines) is 2. The first-order chi connectivity index (χ1) is 9.24. The molecule has 19 heavy (non-hydrogen) atoms. The molecule has 0 aliphatic carbocycles. The first-order valence-corrected chi connectivity index (χ1v) is 8.23. The fourth-order valence-electron chi connectivity index (χ4n) is 3.96. The molecule has 0 bridgehead atoms. The third kappa shape index (κ3) is 3.70. The van der Waals surface area contributed by atoms with Crippen molar-refractivity contribution in [2.24, 2.45) is 0 Å². The quantitative estimate of drug-likeness (QED) is 0.463. The summed E-state index contributed by atoms with van der Waals surface area (Å²) in [6.07, 6.45) is 14.1. The van der Waals surface area contributed by atoms with Gasteiger partial charge in [-0.15, -0.1) is 0 Å². The van der Waals surface area contributed by atoms with Crippen LogP contribution >= 0.6 is 0 Å². The molecule has 2 aliphatic heterocycles. The molecule has 2 fully saturated rings. The smallest absolute Gasteiger partial charge is 0.0885 e. The van der Waals surface area contributed by atoms with E-state index < -0.39 is 0 Å². The molecule has 0 saturated carbocycles. The van der Waals surface area contributed by atoms with Crippen molar-refractivity contribution in [2.75, 3.05) is 39.3 Å². The largest absolute Gasteiger partial charge is 0.298 e. The second-order valence-corrected chi connectivity index (χ2v) is 6.62. The van der Waals surface area contributed by atoms with Gasteiger partial charge in [0.1, 0.15) is 0 Å².